The molecule has 1 aliphatic rings. The lowest BCUT2D eigenvalue weighted by Crippen LogP contribution is -2.08. The van der Waals surface area contributed by atoms with Crippen molar-refractivity contribution in [3.8, 4) is 16.9 Å². The largest absolute Gasteiger partial charge is 0.493 e. The smallest absolute Gasteiger partial charge is 0.200 e. The molecule has 128 valence electrons. The molecular weight excluding hydrogens is 359 g/mol. The third-order valence-corrected chi connectivity index (χ3v) is 5.44. The molecule has 1 saturated carbocycles. The Labute approximate surface area is 155 Å². The SMILES string of the molecule is Cc1oc2cc(OC[C@@H]3CC3(Cl)Cl)ccc2c(=O)c1-c1ccccc1. The molecule has 0 spiro atoms. The maximum atomic E-state index is 12.9. The van der Waals surface area contributed by atoms with Crippen LogP contribution in [0, 0.1) is 12.8 Å². The highest BCUT2D eigenvalue weighted by atomic mass is 35.5. The van der Waals surface area contributed by atoms with Crippen LogP contribution in [0.5, 0.6) is 5.75 Å². The van der Waals surface area contributed by atoms with Crippen molar-refractivity contribution < 1.29 is 9.15 Å². The first-order valence-electron chi connectivity index (χ1n) is 8.09. The molecule has 0 amide bonds. The third kappa shape index (κ3) is 3.14. The van der Waals surface area contributed by atoms with Gasteiger partial charge in [0.05, 0.1) is 17.6 Å². The first-order chi connectivity index (χ1) is 12.0. The lowest BCUT2D eigenvalue weighted by molar-refractivity contribution is 0.298. The Balaban J connectivity index is 1.69. The monoisotopic (exact) mass is 374 g/mol. The van der Waals surface area contributed by atoms with E-state index in [1.807, 2.05) is 30.3 Å². The van der Waals surface area contributed by atoms with Crippen LogP contribution in [0.25, 0.3) is 22.1 Å². The van der Waals surface area contributed by atoms with Gasteiger partial charge < -0.3 is 9.15 Å². The van der Waals surface area contributed by atoms with Gasteiger partial charge in [-0.05, 0) is 31.0 Å². The molecule has 5 heteroatoms. The highest BCUT2D eigenvalue weighted by Crippen LogP contribution is 2.53. The van der Waals surface area contributed by atoms with Gasteiger partial charge in [0.2, 0.25) is 5.43 Å². The fourth-order valence-electron chi connectivity index (χ4n) is 2.96. The predicted molar refractivity (Wildman–Crippen MR) is 101 cm³/mol. The minimum atomic E-state index is -0.662. The molecule has 0 N–H and O–H groups in total. The van der Waals surface area contributed by atoms with E-state index < -0.39 is 4.33 Å². The lowest BCUT2D eigenvalue weighted by Gasteiger charge is -2.09. The summed E-state index contributed by atoms with van der Waals surface area (Å²) >= 11 is 12.0. The van der Waals surface area contributed by atoms with Crippen LogP contribution in [0.15, 0.2) is 57.7 Å². The van der Waals surface area contributed by atoms with Crippen LogP contribution in [0.4, 0.5) is 0 Å². The summed E-state index contributed by atoms with van der Waals surface area (Å²) in [5.41, 5.74) is 1.91. The quantitative estimate of drug-likeness (QED) is 0.578. The molecule has 2 aromatic carbocycles. The van der Waals surface area contributed by atoms with Crippen LogP contribution >= 0.6 is 23.2 Å². The summed E-state index contributed by atoms with van der Waals surface area (Å²) in [5, 5.41) is 0.534. The second kappa shape index (κ2) is 6.08. The average molecular weight is 375 g/mol. The molecule has 4 rings (SSSR count). The zero-order valence-corrected chi connectivity index (χ0v) is 15.1. The zero-order chi connectivity index (χ0) is 17.6. The first kappa shape index (κ1) is 16.5. The van der Waals surface area contributed by atoms with E-state index in [-0.39, 0.29) is 11.3 Å². The number of alkyl halides is 2. The highest BCUT2D eigenvalue weighted by molar-refractivity contribution is 6.50. The number of benzene rings is 2. The zero-order valence-electron chi connectivity index (χ0n) is 13.6. The molecule has 0 saturated heterocycles. The van der Waals surface area contributed by atoms with Gasteiger partial charge in [0.25, 0.3) is 0 Å². The molecular formula is C20H16Cl2O3. The predicted octanol–water partition coefficient (Wildman–Crippen LogP) is 5.34. The fraction of sp³-hybridized carbons (Fsp3) is 0.250. The fourth-order valence-corrected chi connectivity index (χ4v) is 3.46. The molecule has 1 aromatic heterocycles. The van der Waals surface area contributed by atoms with Crippen LogP contribution in [-0.2, 0) is 0 Å². The van der Waals surface area contributed by atoms with E-state index in [1.165, 1.54) is 0 Å². The molecule has 1 heterocycles. The van der Waals surface area contributed by atoms with Crippen molar-refractivity contribution in [1.29, 1.82) is 0 Å². The standard InChI is InChI=1S/C20H16Cl2O3/c1-12-18(13-5-3-2-4-6-13)19(23)16-8-7-15(9-17(16)25-12)24-11-14-10-20(14,21)22/h2-9,14H,10-11H2,1H3/t14-/m0/s1. The summed E-state index contributed by atoms with van der Waals surface area (Å²) in [6.45, 7) is 2.25. The summed E-state index contributed by atoms with van der Waals surface area (Å²) in [7, 11) is 0. The van der Waals surface area contributed by atoms with Crippen LogP contribution in [0.1, 0.15) is 12.2 Å². The topological polar surface area (TPSA) is 39.4 Å². The normalized spacial score (nSPS) is 18.3. The van der Waals surface area contributed by atoms with Gasteiger partial charge in [-0.25, -0.2) is 0 Å². The molecule has 3 nitrogen and oxygen atoms in total. The maximum absolute atomic E-state index is 12.9. The molecule has 3 aromatic rings. The number of hydrogen-bond donors (Lipinski definition) is 0. The second-order valence-electron chi connectivity index (χ2n) is 6.36. The number of ether oxygens (including phenoxy) is 1. The van der Waals surface area contributed by atoms with Crippen molar-refractivity contribution in [3.63, 3.8) is 0 Å². The Bertz CT molecular complexity index is 993. The van der Waals surface area contributed by atoms with Gasteiger partial charge in [0.1, 0.15) is 21.4 Å². The first-order valence-corrected chi connectivity index (χ1v) is 8.85. The summed E-state index contributed by atoms with van der Waals surface area (Å²) in [6, 6.07) is 14.8. The van der Waals surface area contributed by atoms with Crippen LogP contribution < -0.4 is 10.2 Å². The number of hydrogen-bond acceptors (Lipinski definition) is 3. The van der Waals surface area contributed by atoms with E-state index >= 15 is 0 Å². The molecule has 0 aliphatic heterocycles. The minimum Gasteiger partial charge on any atom is -0.493 e. The Morgan fingerprint density at radius 2 is 1.92 bits per heavy atom. The summed E-state index contributed by atoms with van der Waals surface area (Å²) in [6.07, 6.45) is 0.734. The van der Waals surface area contributed by atoms with Crippen LogP contribution in [0.2, 0.25) is 0 Å². The molecule has 0 radical (unpaired) electrons. The van der Waals surface area contributed by atoms with Crippen molar-refractivity contribution in [2.45, 2.75) is 17.7 Å². The van der Waals surface area contributed by atoms with Gasteiger partial charge >= 0.3 is 0 Å². The van der Waals surface area contributed by atoms with Crippen molar-refractivity contribution in [2.24, 2.45) is 5.92 Å². The molecule has 0 unspecified atom stereocenters. The minimum absolute atomic E-state index is 0.0424. The van der Waals surface area contributed by atoms with Gasteiger partial charge in [0.15, 0.2) is 0 Å². The van der Waals surface area contributed by atoms with Crippen molar-refractivity contribution in [2.75, 3.05) is 6.61 Å². The third-order valence-electron chi connectivity index (χ3n) is 4.51. The van der Waals surface area contributed by atoms with Gasteiger partial charge in [-0.3, -0.25) is 4.79 Å². The van der Waals surface area contributed by atoms with Gasteiger partial charge in [0, 0.05) is 12.0 Å². The number of halogens is 2. The number of fused-ring (bicyclic) bond motifs is 1. The van der Waals surface area contributed by atoms with Crippen molar-refractivity contribution in [3.05, 3.63) is 64.5 Å². The highest BCUT2D eigenvalue weighted by Gasteiger charge is 2.52. The van der Waals surface area contributed by atoms with Crippen LogP contribution in [-0.4, -0.2) is 10.9 Å². The van der Waals surface area contributed by atoms with E-state index in [0.29, 0.717) is 34.6 Å². The Hall–Kier alpha value is -1.97. The van der Waals surface area contributed by atoms with E-state index in [4.69, 9.17) is 32.4 Å². The second-order valence-corrected chi connectivity index (χ2v) is 7.90. The van der Waals surface area contributed by atoms with Gasteiger partial charge in [-0.15, -0.1) is 23.2 Å². The van der Waals surface area contributed by atoms with Gasteiger partial charge in [-0.2, -0.15) is 0 Å². The molecule has 0 bridgehead atoms. The van der Waals surface area contributed by atoms with E-state index in [1.54, 1.807) is 25.1 Å². The Morgan fingerprint density at radius 3 is 2.60 bits per heavy atom. The summed E-state index contributed by atoms with van der Waals surface area (Å²) < 4.78 is 11.0. The Morgan fingerprint density at radius 1 is 1.20 bits per heavy atom. The van der Waals surface area contributed by atoms with E-state index in [0.717, 1.165) is 12.0 Å². The molecule has 1 aliphatic carbocycles. The Kier molecular flexibility index (Phi) is 4.01. The lowest BCUT2D eigenvalue weighted by atomic mass is 10.0. The van der Waals surface area contributed by atoms with Crippen molar-refractivity contribution in [1.82, 2.24) is 0 Å². The van der Waals surface area contributed by atoms with Gasteiger partial charge in [-0.1, -0.05) is 30.3 Å². The maximum Gasteiger partial charge on any atom is 0.200 e. The molecule has 1 fully saturated rings. The molecule has 25 heavy (non-hydrogen) atoms. The number of rotatable bonds is 4. The van der Waals surface area contributed by atoms with E-state index in [9.17, 15) is 4.79 Å². The average Bonchev–Trinajstić information content (AvgIpc) is 3.20. The van der Waals surface area contributed by atoms with E-state index in [2.05, 4.69) is 0 Å². The van der Waals surface area contributed by atoms with Crippen LogP contribution in [0.3, 0.4) is 0 Å². The summed E-state index contributed by atoms with van der Waals surface area (Å²) in [5.74, 6) is 1.36. The van der Waals surface area contributed by atoms with Crippen molar-refractivity contribution >= 4 is 34.2 Å². The molecule has 1 atom stereocenters. The number of aryl methyl sites for hydroxylation is 1. The summed E-state index contributed by atoms with van der Waals surface area (Å²) in [4.78, 5) is 12.9.